The first kappa shape index (κ1) is 38.9. The fraction of sp³-hybridized carbons (Fsp3) is 0.730. The van der Waals surface area contributed by atoms with Gasteiger partial charge in [0.2, 0.25) is 0 Å². The van der Waals surface area contributed by atoms with Crippen molar-refractivity contribution in [3.8, 4) is 0 Å². The molecule has 4 heteroatoms. The van der Waals surface area contributed by atoms with Crippen molar-refractivity contribution in [1.82, 2.24) is 0 Å². The van der Waals surface area contributed by atoms with Crippen molar-refractivity contribution in [3.05, 3.63) is 48.6 Å². The van der Waals surface area contributed by atoms with Gasteiger partial charge in [-0.1, -0.05) is 127 Å². The van der Waals surface area contributed by atoms with Crippen LogP contribution in [0.1, 0.15) is 168 Å². The molecule has 0 saturated heterocycles. The van der Waals surface area contributed by atoms with Crippen LogP contribution >= 0.6 is 0 Å². The van der Waals surface area contributed by atoms with Gasteiger partial charge >= 0.3 is 11.9 Å². The van der Waals surface area contributed by atoms with Gasteiger partial charge in [0, 0.05) is 12.8 Å². The van der Waals surface area contributed by atoms with Crippen LogP contribution < -0.4 is 0 Å². The molecule has 1 N–H and O–H groups in total. The largest absolute Gasteiger partial charge is 0.481 e. The summed E-state index contributed by atoms with van der Waals surface area (Å²) in [6.07, 6.45) is 42.8. The lowest BCUT2D eigenvalue weighted by atomic mass is 10.0. The summed E-state index contributed by atoms with van der Waals surface area (Å²) in [5, 5.41) is 8.71. The number of allylic oxidation sites excluding steroid dienone is 8. The Kier molecular flexibility index (Phi) is 30.8. The highest BCUT2D eigenvalue weighted by atomic mass is 16.5. The summed E-state index contributed by atoms with van der Waals surface area (Å²) < 4.78 is 5.90. The van der Waals surface area contributed by atoms with Gasteiger partial charge in [-0.25, -0.2) is 0 Å². The number of carboxylic acid groups (broad SMARTS) is 1. The minimum atomic E-state index is -0.694. The maximum absolute atomic E-state index is 12.5. The molecule has 236 valence electrons. The molecular formula is C37H64O4. The van der Waals surface area contributed by atoms with Crippen molar-refractivity contribution in [2.24, 2.45) is 0 Å². The van der Waals surface area contributed by atoms with Crippen LogP contribution in [0.4, 0.5) is 0 Å². The Bertz CT molecular complexity index is 704. The number of esters is 1. The van der Waals surface area contributed by atoms with Crippen LogP contribution in [0.15, 0.2) is 48.6 Å². The van der Waals surface area contributed by atoms with E-state index < -0.39 is 5.97 Å². The average molecular weight is 573 g/mol. The van der Waals surface area contributed by atoms with Gasteiger partial charge in [-0.2, -0.15) is 0 Å². The standard InChI is InChI=1S/C37H64O4/c1-3-5-7-9-10-11-12-13-14-15-16-17-18-19-23-26-30-34-37(40)41-35(31-27-8-6-4-2)32-28-24-21-20-22-25-29-33-36(38)39/h10-11,13-14,16-17,19,23,35H,3-9,12,15,18,20-22,24-34H2,1-2H3,(H,38,39)/b11-10-,14-13-,17-16-,23-19-. The fourth-order valence-electron chi connectivity index (χ4n) is 4.76. The average Bonchev–Trinajstić information content (AvgIpc) is 2.95. The van der Waals surface area contributed by atoms with Gasteiger partial charge < -0.3 is 9.84 Å². The van der Waals surface area contributed by atoms with Crippen molar-refractivity contribution in [2.45, 2.75) is 174 Å². The van der Waals surface area contributed by atoms with Gasteiger partial charge in [0.25, 0.3) is 0 Å². The number of carbonyl (C=O) groups excluding carboxylic acids is 1. The van der Waals surface area contributed by atoms with Crippen LogP contribution in [-0.2, 0) is 14.3 Å². The number of hydrogen-bond acceptors (Lipinski definition) is 3. The first-order valence-corrected chi connectivity index (χ1v) is 17.1. The summed E-state index contributed by atoms with van der Waals surface area (Å²) in [7, 11) is 0. The highest BCUT2D eigenvalue weighted by molar-refractivity contribution is 5.69. The second-order valence-electron chi connectivity index (χ2n) is 11.3. The van der Waals surface area contributed by atoms with Crippen LogP contribution in [0.3, 0.4) is 0 Å². The molecular weight excluding hydrogens is 508 g/mol. The Labute approximate surface area is 253 Å². The molecule has 4 nitrogen and oxygen atoms in total. The maximum Gasteiger partial charge on any atom is 0.306 e. The van der Waals surface area contributed by atoms with E-state index in [0.717, 1.165) is 89.9 Å². The Balaban J connectivity index is 3.98. The number of unbranched alkanes of at least 4 members (excludes halogenated alkanes) is 13. The number of hydrogen-bond donors (Lipinski definition) is 1. The zero-order valence-electron chi connectivity index (χ0n) is 26.8. The molecule has 0 saturated carbocycles. The predicted molar refractivity (Wildman–Crippen MR) is 176 cm³/mol. The highest BCUT2D eigenvalue weighted by Gasteiger charge is 2.14. The van der Waals surface area contributed by atoms with Crippen LogP contribution in [0.25, 0.3) is 0 Å². The van der Waals surface area contributed by atoms with E-state index in [-0.39, 0.29) is 18.5 Å². The predicted octanol–water partition coefficient (Wildman–Crippen LogP) is 11.6. The minimum absolute atomic E-state index is 0.0418. The summed E-state index contributed by atoms with van der Waals surface area (Å²) >= 11 is 0. The number of carboxylic acids is 1. The lowest BCUT2D eigenvalue weighted by Crippen LogP contribution is -2.18. The molecule has 0 fully saturated rings. The highest BCUT2D eigenvalue weighted by Crippen LogP contribution is 2.18. The lowest BCUT2D eigenvalue weighted by molar-refractivity contribution is -0.150. The third kappa shape index (κ3) is 32.3. The van der Waals surface area contributed by atoms with Gasteiger partial charge in [0.15, 0.2) is 0 Å². The van der Waals surface area contributed by atoms with E-state index in [9.17, 15) is 9.59 Å². The number of ether oxygens (including phenoxy) is 1. The van der Waals surface area contributed by atoms with Crippen molar-refractivity contribution in [3.63, 3.8) is 0 Å². The van der Waals surface area contributed by atoms with E-state index >= 15 is 0 Å². The zero-order chi connectivity index (χ0) is 30.1. The summed E-state index contributed by atoms with van der Waals surface area (Å²) in [6.45, 7) is 4.46. The molecule has 0 heterocycles. The van der Waals surface area contributed by atoms with Crippen molar-refractivity contribution >= 4 is 11.9 Å². The van der Waals surface area contributed by atoms with E-state index in [0.29, 0.717) is 6.42 Å². The molecule has 1 unspecified atom stereocenters. The van der Waals surface area contributed by atoms with Crippen molar-refractivity contribution in [2.75, 3.05) is 0 Å². The van der Waals surface area contributed by atoms with Gasteiger partial charge in [0.1, 0.15) is 6.10 Å². The van der Waals surface area contributed by atoms with Crippen LogP contribution in [0.2, 0.25) is 0 Å². The molecule has 0 aliphatic rings. The summed E-state index contributed by atoms with van der Waals surface area (Å²) in [5.74, 6) is -0.736. The molecule has 0 aromatic rings. The molecule has 0 radical (unpaired) electrons. The molecule has 0 spiro atoms. The summed E-state index contributed by atoms with van der Waals surface area (Å²) in [5.41, 5.74) is 0. The summed E-state index contributed by atoms with van der Waals surface area (Å²) in [4.78, 5) is 23.0. The number of rotatable bonds is 30. The van der Waals surface area contributed by atoms with E-state index in [1.54, 1.807) is 0 Å². The topological polar surface area (TPSA) is 63.6 Å². The minimum Gasteiger partial charge on any atom is -0.481 e. The lowest BCUT2D eigenvalue weighted by Gasteiger charge is -2.18. The summed E-state index contributed by atoms with van der Waals surface area (Å²) in [6, 6.07) is 0. The zero-order valence-corrected chi connectivity index (χ0v) is 26.8. The molecule has 41 heavy (non-hydrogen) atoms. The van der Waals surface area contributed by atoms with Crippen LogP contribution in [0, 0.1) is 0 Å². The SMILES string of the molecule is CCCCC/C=C\C/C=C\C/C=C\C/C=C\CCCC(=O)OC(CCCCCC)CCCCCCCCCC(=O)O. The Morgan fingerprint density at radius 3 is 1.51 bits per heavy atom. The fourth-order valence-corrected chi connectivity index (χ4v) is 4.76. The van der Waals surface area contributed by atoms with E-state index in [1.807, 2.05) is 0 Å². The number of carbonyl (C=O) groups is 2. The normalized spacial score (nSPS) is 12.8. The number of aliphatic carboxylic acids is 1. The molecule has 0 bridgehead atoms. The van der Waals surface area contributed by atoms with Gasteiger partial charge in [0.05, 0.1) is 0 Å². The smallest absolute Gasteiger partial charge is 0.306 e. The second kappa shape index (κ2) is 32.4. The third-order valence-electron chi connectivity index (χ3n) is 7.30. The van der Waals surface area contributed by atoms with Gasteiger partial charge in [-0.15, -0.1) is 0 Å². The van der Waals surface area contributed by atoms with Gasteiger partial charge in [-0.05, 0) is 77.0 Å². The molecule has 0 aliphatic heterocycles. The molecule has 0 aliphatic carbocycles. The van der Waals surface area contributed by atoms with Crippen molar-refractivity contribution in [1.29, 1.82) is 0 Å². The van der Waals surface area contributed by atoms with Crippen molar-refractivity contribution < 1.29 is 19.4 Å². The van der Waals surface area contributed by atoms with E-state index in [1.165, 1.54) is 51.4 Å². The first-order valence-electron chi connectivity index (χ1n) is 17.1. The van der Waals surface area contributed by atoms with E-state index in [4.69, 9.17) is 9.84 Å². The first-order chi connectivity index (χ1) is 20.1. The Morgan fingerprint density at radius 1 is 0.537 bits per heavy atom. The molecule has 1 atom stereocenters. The quantitative estimate of drug-likeness (QED) is 0.0528. The molecule has 0 amide bonds. The monoisotopic (exact) mass is 572 g/mol. The van der Waals surface area contributed by atoms with Crippen LogP contribution in [0.5, 0.6) is 0 Å². The van der Waals surface area contributed by atoms with Crippen LogP contribution in [-0.4, -0.2) is 23.1 Å². The molecule has 0 aromatic heterocycles. The van der Waals surface area contributed by atoms with Gasteiger partial charge in [-0.3, -0.25) is 9.59 Å². The Hall–Kier alpha value is -2.10. The third-order valence-corrected chi connectivity index (χ3v) is 7.30. The Morgan fingerprint density at radius 2 is 0.976 bits per heavy atom. The second-order valence-corrected chi connectivity index (χ2v) is 11.3. The van der Waals surface area contributed by atoms with E-state index in [2.05, 4.69) is 62.5 Å². The maximum atomic E-state index is 12.5. The molecule has 0 rings (SSSR count). The molecule has 0 aromatic carbocycles.